The number of carbonyl (C=O) groups excluding carboxylic acids is 1. The standard InChI is InChI=1S/C10H17N3O4/c1-16-7-4-8-9(10(15)17-2)11-12-13(8)5-3-6-14/h14H,3-7H2,1-2H3. The monoisotopic (exact) mass is 243 g/mol. The summed E-state index contributed by atoms with van der Waals surface area (Å²) in [5, 5.41) is 16.4. The molecule has 0 bridgehead atoms. The molecule has 17 heavy (non-hydrogen) atoms. The van der Waals surface area contributed by atoms with E-state index in [0.29, 0.717) is 31.7 Å². The van der Waals surface area contributed by atoms with E-state index < -0.39 is 5.97 Å². The molecule has 0 aliphatic carbocycles. The van der Waals surface area contributed by atoms with Gasteiger partial charge in [-0.25, -0.2) is 9.48 Å². The summed E-state index contributed by atoms with van der Waals surface area (Å²) in [5.41, 5.74) is 0.884. The van der Waals surface area contributed by atoms with Crippen molar-refractivity contribution in [3.05, 3.63) is 11.4 Å². The lowest BCUT2D eigenvalue weighted by Gasteiger charge is -2.06. The predicted molar refractivity (Wildman–Crippen MR) is 58.6 cm³/mol. The van der Waals surface area contributed by atoms with Crippen LogP contribution in [0.4, 0.5) is 0 Å². The number of methoxy groups -OCH3 is 2. The second kappa shape index (κ2) is 6.97. The first-order valence-corrected chi connectivity index (χ1v) is 5.35. The van der Waals surface area contributed by atoms with Crippen LogP contribution in [-0.2, 0) is 22.4 Å². The van der Waals surface area contributed by atoms with Gasteiger partial charge in [-0.05, 0) is 6.42 Å². The minimum atomic E-state index is -0.508. The minimum absolute atomic E-state index is 0.0666. The highest BCUT2D eigenvalue weighted by atomic mass is 16.5. The van der Waals surface area contributed by atoms with Crippen LogP contribution >= 0.6 is 0 Å². The molecule has 96 valence electrons. The second-order valence-corrected chi connectivity index (χ2v) is 3.42. The summed E-state index contributed by atoms with van der Waals surface area (Å²) in [6.07, 6.45) is 1.09. The number of hydrogen-bond acceptors (Lipinski definition) is 6. The summed E-state index contributed by atoms with van der Waals surface area (Å²) >= 11 is 0. The normalized spacial score (nSPS) is 10.5. The van der Waals surface area contributed by atoms with Crippen molar-refractivity contribution in [2.75, 3.05) is 27.4 Å². The molecule has 1 N–H and O–H groups in total. The topological polar surface area (TPSA) is 86.5 Å². The third-order valence-electron chi connectivity index (χ3n) is 2.29. The van der Waals surface area contributed by atoms with Crippen molar-refractivity contribution < 1.29 is 19.4 Å². The Labute approximate surface area is 99.3 Å². The maximum Gasteiger partial charge on any atom is 0.360 e. The van der Waals surface area contributed by atoms with E-state index in [9.17, 15) is 4.79 Å². The van der Waals surface area contributed by atoms with Gasteiger partial charge < -0.3 is 14.6 Å². The highest BCUT2D eigenvalue weighted by Gasteiger charge is 2.19. The van der Waals surface area contributed by atoms with E-state index in [4.69, 9.17) is 9.84 Å². The van der Waals surface area contributed by atoms with Gasteiger partial charge in [-0.3, -0.25) is 0 Å². The van der Waals surface area contributed by atoms with Gasteiger partial charge in [-0.15, -0.1) is 5.10 Å². The van der Waals surface area contributed by atoms with Crippen LogP contribution in [0, 0.1) is 0 Å². The van der Waals surface area contributed by atoms with Crippen molar-refractivity contribution in [2.45, 2.75) is 19.4 Å². The van der Waals surface area contributed by atoms with Crippen molar-refractivity contribution in [3.8, 4) is 0 Å². The highest BCUT2D eigenvalue weighted by Crippen LogP contribution is 2.09. The first kappa shape index (κ1) is 13.6. The number of carbonyl (C=O) groups is 1. The van der Waals surface area contributed by atoms with Crippen LogP contribution in [0.1, 0.15) is 22.6 Å². The van der Waals surface area contributed by atoms with Crippen molar-refractivity contribution in [1.29, 1.82) is 0 Å². The molecule has 0 saturated carbocycles. The maximum atomic E-state index is 11.5. The number of esters is 1. The van der Waals surface area contributed by atoms with E-state index in [1.165, 1.54) is 7.11 Å². The van der Waals surface area contributed by atoms with E-state index in [0.717, 1.165) is 0 Å². The molecule has 0 aliphatic heterocycles. The van der Waals surface area contributed by atoms with Gasteiger partial charge in [0.1, 0.15) is 0 Å². The van der Waals surface area contributed by atoms with Crippen LogP contribution in [-0.4, -0.2) is 53.5 Å². The fourth-order valence-corrected chi connectivity index (χ4v) is 1.43. The van der Waals surface area contributed by atoms with Crippen molar-refractivity contribution in [1.82, 2.24) is 15.0 Å². The summed E-state index contributed by atoms with van der Waals surface area (Å²) in [6.45, 7) is 1.05. The summed E-state index contributed by atoms with van der Waals surface area (Å²) in [7, 11) is 2.88. The van der Waals surface area contributed by atoms with Crippen LogP contribution in [0.3, 0.4) is 0 Å². The van der Waals surface area contributed by atoms with Gasteiger partial charge in [0, 0.05) is 26.7 Å². The number of aryl methyl sites for hydroxylation is 1. The molecule has 0 fully saturated rings. The van der Waals surface area contributed by atoms with Crippen LogP contribution in [0.25, 0.3) is 0 Å². The quantitative estimate of drug-likeness (QED) is 0.658. The molecule has 1 aromatic rings. The summed E-state index contributed by atoms with van der Waals surface area (Å²) in [5.74, 6) is -0.508. The lowest BCUT2D eigenvalue weighted by molar-refractivity contribution is 0.0592. The first-order valence-electron chi connectivity index (χ1n) is 5.35. The SMILES string of the molecule is COCCc1c(C(=O)OC)nnn1CCCO. The summed E-state index contributed by atoms with van der Waals surface area (Å²) < 4.78 is 11.2. The second-order valence-electron chi connectivity index (χ2n) is 3.42. The molecule has 0 aliphatic rings. The average molecular weight is 243 g/mol. The smallest absolute Gasteiger partial charge is 0.360 e. The average Bonchev–Trinajstić information content (AvgIpc) is 2.75. The first-order chi connectivity index (χ1) is 8.24. The zero-order valence-electron chi connectivity index (χ0n) is 10.0. The molecule has 7 heteroatoms. The van der Waals surface area contributed by atoms with Crippen LogP contribution in [0.15, 0.2) is 0 Å². The lowest BCUT2D eigenvalue weighted by atomic mass is 10.2. The van der Waals surface area contributed by atoms with Crippen LogP contribution < -0.4 is 0 Å². The van der Waals surface area contributed by atoms with Crippen molar-refractivity contribution >= 4 is 5.97 Å². The molecular formula is C10H17N3O4. The molecule has 0 aromatic carbocycles. The molecule has 0 amide bonds. The molecule has 0 atom stereocenters. The summed E-state index contributed by atoms with van der Waals surface area (Å²) in [4.78, 5) is 11.5. The minimum Gasteiger partial charge on any atom is -0.464 e. The molecule has 1 aromatic heterocycles. The Balaban J connectivity index is 2.88. The van der Waals surface area contributed by atoms with Gasteiger partial charge in [0.15, 0.2) is 5.69 Å². The molecule has 7 nitrogen and oxygen atoms in total. The van der Waals surface area contributed by atoms with Gasteiger partial charge in [0.25, 0.3) is 0 Å². The highest BCUT2D eigenvalue weighted by molar-refractivity contribution is 5.88. The lowest BCUT2D eigenvalue weighted by Crippen LogP contribution is -2.12. The predicted octanol–water partition coefficient (Wildman–Crippen LogP) is -0.364. The van der Waals surface area contributed by atoms with E-state index in [-0.39, 0.29) is 12.3 Å². The third kappa shape index (κ3) is 3.50. The number of aliphatic hydroxyl groups is 1. The van der Waals surface area contributed by atoms with Crippen LogP contribution in [0.5, 0.6) is 0 Å². The Bertz CT molecular complexity index is 364. The zero-order valence-corrected chi connectivity index (χ0v) is 10.0. The molecule has 0 radical (unpaired) electrons. The molecule has 0 saturated heterocycles. The number of nitrogens with zero attached hydrogens (tertiary/aromatic N) is 3. The van der Waals surface area contributed by atoms with Gasteiger partial charge in [0.2, 0.25) is 0 Å². The van der Waals surface area contributed by atoms with Crippen LogP contribution in [0.2, 0.25) is 0 Å². The fraction of sp³-hybridized carbons (Fsp3) is 0.700. The Kier molecular flexibility index (Phi) is 5.58. The van der Waals surface area contributed by atoms with Gasteiger partial charge in [-0.2, -0.15) is 0 Å². The van der Waals surface area contributed by atoms with E-state index in [2.05, 4.69) is 15.0 Å². The third-order valence-corrected chi connectivity index (χ3v) is 2.29. The van der Waals surface area contributed by atoms with Gasteiger partial charge in [-0.1, -0.05) is 5.21 Å². The molecule has 1 heterocycles. The Morgan fingerprint density at radius 3 is 2.82 bits per heavy atom. The Hall–Kier alpha value is -1.47. The number of ether oxygens (including phenoxy) is 2. The number of aromatic nitrogens is 3. The van der Waals surface area contributed by atoms with Crippen molar-refractivity contribution in [3.63, 3.8) is 0 Å². The van der Waals surface area contributed by atoms with Gasteiger partial charge >= 0.3 is 5.97 Å². The summed E-state index contributed by atoms with van der Waals surface area (Å²) in [6, 6.07) is 0. The maximum absolute atomic E-state index is 11.5. The molecule has 0 unspecified atom stereocenters. The van der Waals surface area contributed by atoms with E-state index in [1.807, 2.05) is 0 Å². The zero-order chi connectivity index (χ0) is 12.7. The Morgan fingerprint density at radius 2 is 2.24 bits per heavy atom. The molecule has 0 spiro atoms. The number of hydrogen-bond donors (Lipinski definition) is 1. The Morgan fingerprint density at radius 1 is 1.47 bits per heavy atom. The van der Waals surface area contributed by atoms with E-state index in [1.54, 1.807) is 11.8 Å². The fourth-order valence-electron chi connectivity index (χ4n) is 1.43. The largest absolute Gasteiger partial charge is 0.464 e. The van der Waals surface area contributed by atoms with E-state index >= 15 is 0 Å². The number of rotatable bonds is 7. The van der Waals surface area contributed by atoms with Gasteiger partial charge in [0.05, 0.1) is 19.4 Å². The number of aliphatic hydroxyl groups excluding tert-OH is 1. The van der Waals surface area contributed by atoms with Crippen molar-refractivity contribution in [2.24, 2.45) is 0 Å². The molecular weight excluding hydrogens is 226 g/mol. The molecule has 1 rings (SSSR count).